The molecule has 2 heterocycles. The van der Waals surface area contributed by atoms with Crippen molar-refractivity contribution in [3.05, 3.63) is 107 Å². The number of imidazole rings is 1. The molecule has 0 spiro atoms. The summed E-state index contributed by atoms with van der Waals surface area (Å²) in [5.41, 5.74) is 2.06. The van der Waals surface area contributed by atoms with Crippen LogP contribution in [-0.2, 0) is 27.5 Å². The quantitative estimate of drug-likeness (QED) is 0.242. The Balaban J connectivity index is 1.44. The maximum Gasteiger partial charge on any atom is 0.408 e. The number of likely N-dealkylation sites (N-methyl/N-ethyl adjacent to an activating group) is 1. The highest BCUT2D eigenvalue weighted by molar-refractivity contribution is 5.96. The normalized spacial score (nSPS) is 11.8. The number of anilines is 1. The third-order valence-corrected chi connectivity index (χ3v) is 6.18. The lowest BCUT2D eigenvalue weighted by molar-refractivity contribution is -0.123. The second-order valence-electron chi connectivity index (χ2n) is 9.52. The topological polar surface area (TPSA) is 138 Å². The molecule has 0 radical (unpaired) electrons. The van der Waals surface area contributed by atoms with Crippen molar-refractivity contribution in [2.24, 2.45) is 0 Å². The van der Waals surface area contributed by atoms with Gasteiger partial charge in [-0.1, -0.05) is 48.5 Å². The van der Waals surface area contributed by atoms with Crippen LogP contribution in [0.3, 0.4) is 0 Å². The molecule has 41 heavy (non-hydrogen) atoms. The number of nitrogens with one attached hydrogen (secondary N) is 3. The number of para-hydroxylation sites is 2. The molecule has 0 aliphatic rings. The summed E-state index contributed by atoms with van der Waals surface area (Å²) in [4.78, 5) is 59.9. The van der Waals surface area contributed by atoms with Gasteiger partial charge in [-0.3, -0.25) is 14.4 Å². The molecule has 4 aromatic rings. The van der Waals surface area contributed by atoms with E-state index in [0.717, 1.165) is 16.6 Å². The Bertz CT molecular complexity index is 1560. The van der Waals surface area contributed by atoms with Gasteiger partial charge in [-0.25, -0.2) is 9.78 Å². The fourth-order valence-electron chi connectivity index (χ4n) is 3.99. The lowest BCUT2D eigenvalue weighted by Crippen LogP contribution is -2.44. The number of aromatic nitrogens is 3. The van der Waals surface area contributed by atoms with Crippen LogP contribution in [0.1, 0.15) is 24.2 Å². The molecular formula is C30H32N6O5. The van der Waals surface area contributed by atoms with Gasteiger partial charge in [0.15, 0.2) is 0 Å². The fourth-order valence-corrected chi connectivity index (χ4v) is 3.99. The smallest absolute Gasteiger partial charge is 0.408 e. The number of alkyl carbamates (subject to hydrolysis) is 1. The maximum absolute atomic E-state index is 13.3. The van der Waals surface area contributed by atoms with E-state index >= 15 is 0 Å². The molecule has 11 nitrogen and oxygen atoms in total. The average Bonchev–Trinajstić information content (AvgIpc) is 3.38. The van der Waals surface area contributed by atoms with E-state index in [-0.39, 0.29) is 31.2 Å². The number of fused-ring (bicyclic) bond motifs is 1. The molecule has 0 saturated carbocycles. The van der Waals surface area contributed by atoms with Crippen molar-refractivity contribution >= 4 is 34.6 Å². The molecule has 3 amide bonds. The number of benzene rings is 2. The van der Waals surface area contributed by atoms with E-state index in [4.69, 9.17) is 4.74 Å². The molecule has 0 bridgehead atoms. The van der Waals surface area contributed by atoms with Gasteiger partial charge in [0, 0.05) is 20.3 Å². The Hall–Kier alpha value is -5.19. The Labute approximate surface area is 236 Å². The van der Waals surface area contributed by atoms with Crippen LogP contribution < -0.4 is 16.2 Å². The molecule has 0 aliphatic heterocycles. The minimum absolute atomic E-state index is 0.0312. The van der Waals surface area contributed by atoms with Gasteiger partial charge in [0.1, 0.15) is 24.2 Å². The summed E-state index contributed by atoms with van der Waals surface area (Å²) < 4.78 is 6.71. The minimum Gasteiger partial charge on any atom is -0.445 e. The van der Waals surface area contributed by atoms with E-state index < -0.39 is 23.6 Å². The second kappa shape index (κ2) is 13.7. The van der Waals surface area contributed by atoms with Gasteiger partial charge in [-0.15, -0.1) is 0 Å². The monoisotopic (exact) mass is 556 g/mol. The number of hydrogen-bond acceptors (Lipinski definition) is 6. The van der Waals surface area contributed by atoms with Crippen LogP contribution in [0.5, 0.6) is 0 Å². The lowest BCUT2D eigenvalue weighted by Gasteiger charge is -2.18. The van der Waals surface area contributed by atoms with E-state index in [9.17, 15) is 19.2 Å². The number of H-pyrrole nitrogens is 1. The molecule has 4 rings (SSSR count). The van der Waals surface area contributed by atoms with Crippen LogP contribution in [0, 0.1) is 0 Å². The van der Waals surface area contributed by atoms with Gasteiger partial charge in [0.2, 0.25) is 11.8 Å². The fraction of sp³-hybridized carbons (Fsp3) is 0.233. The number of ether oxygens (including phenoxy) is 1. The number of carbonyl (C=O) groups excluding carboxylic acids is 3. The molecule has 3 N–H and O–H groups in total. The van der Waals surface area contributed by atoms with Crippen LogP contribution in [0.2, 0.25) is 0 Å². The molecule has 0 unspecified atom stereocenters. The first-order valence-electron chi connectivity index (χ1n) is 13.1. The van der Waals surface area contributed by atoms with Gasteiger partial charge in [-0.2, -0.15) is 0 Å². The third kappa shape index (κ3) is 8.15. The SMILES string of the molecule is CN(C)C(=O)/C=C/CC[C@H](NC(=O)OCc1ccccc1)C(=O)Nc1cccn(Cc2nc3ccccc3[nH]2)c1=O. The van der Waals surface area contributed by atoms with Crippen LogP contribution in [0.15, 0.2) is 89.9 Å². The lowest BCUT2D eigenvalue weighted by atomic mass is 10.1. The predicted molar refractivity (Wildman–Crippen MR) is 155 cm³/mol. The summed E-state index contributed by atoms with van der Waals surface area (Å²) >= 11 is 0. The number of amides is 3. The zero-order valence-electron chi connectivity index (χ0n) is 22.9. The summed E-state index contributed by atoms with van der Waals surface area (Å²) in [6.07, 6.45) is 4.34. The van der Waals surface area contributed by atoms with Crippen LogP contribution >= 0.6 is 0 Å². The van der Waals surface area contributed by atoms with Crippen molar-refractivity contribution in [2.45, 2.75) is 32.0 Å². The number of hydrogen-bond donors (Lipinski definition) is 3. The number of allylic oxidation sites excluding steroid dienone is 1. The van der Waals surface area contributed by atoms with Crippen molar-refractivity contribution < 1.29 is 19.1 Å². The van der Waals surface area contributed by atoms with Crippen molar-refractivity contribution in [3.63, 3.8) is 0 Å². The average molecular weight is 557 g/mol. The van der Waals surface area contributed by atoms with Crippen LogP contribution in [0.25, 0.3) is 11.0 Å². The maximum atomic E-state index is 13.3. The Morgan fingerprint density at radius 2 is 1.80 bits per heavy atom. The largest absolute Gasteiger partial charge is 0.445 e. The summed E-state index contributed by atoms with van der Waals surface area (Å²) in [5, 5.41) is 5.22. The van der Waals surface area contributed by atoms with Crippen molar-refractivity contribution in [2.75, 3.05) is 19.4 Å². The molecule has 11 heteroatoms. The molecule has 0 fully saturated rings. The van der Waals surface area contributed by atoms with Crippen molar-refractivity contribution in [1.82, 2.24) is 24.8 Å². The summed E-state index contributed by atoms with van der Waals surface area (Å²) in [6, 6.07) is 18.8. The van der Waals surface area contributed by atoms with Gasteiger partial charge in [0.05, 0.1) is 17.6 Å². The van der Waals surface area contributed by atoms with Gasteiger partial charge in [-0.05, 0) is 48.7 Å². The zero-order chi connectivity index (χ0) is 29.2. The van der Waals surface area contributed by atoms with E-state index in [1.165, 1.54) is 21.6 Å². The van der Waals surface area contributed by atoms with Gasteiger partial charge in [0.25, 0.3) is 5.56 Å². The molecule has 0 saturated heterocycles. The van der Waals surface area contributed by atoms with Crippen molar-refractivity contribution in [1.29, 1.82) is 0 Å². The number of carbonyl (C=O) groups is 3. The summed E-state index contributed by atoms with van der Waals surface area (Å²) in [7, 11) is 3.27. The summed E-state index contributed by atoms with van der Waals surface area (Å²) in [5.74, 6) is -0.195. The number of aromatic amines is 1. The summed E-state index contributed by atoms with van der Waals surface area (Å²) in [6.45, 7) is 0.207. The first-order chi connectivity index (χ1) is 19.8. The molecule has 2 aromatic carbocycles. The van der Waals surface area contributed by atoms with Crippen LogP contribution in [-0.4, -0.2) is 57.5 Å². The Morgan fingerprint density at radius 1 is 1.05 bits per heavy atom. The van der Waals surface area contributed by atoms with Crippen molar-refractivity contribution in [3.8, 4) is 0 Å². The molecule has 0 aliphatic carbocycles. The van der Waals surface area contributed by atoms with Gasteiger partial charge < -0.3 is 29.8 Å². The first kappa shape index (κ1) is 28.8. The van der Waals surface area contributed by atoms with E-state index in [0.29, 0.717) is 12.2 Å². The highest BCUT2D eigenvalue weighted by Gasteiger charge is 2.22. The standard InChI is InChI=1S/C30H32N6O5/c1-35(2)27(37)17-9-8-15-24(34-30(40)41-20-21-11-4-3-5-12-21)28(38)33-25-16-10-18-36(29(25)39)19-26-31-22-13-6-7-14-23(22)32-26/h3-7,9-14,16-18,24H,8,15,19-20H2,1-2H3,(H,31,32)(H,33,38)(H,34,40)/b17-9+/t24-/m0/s1. The molecule has 212 valence electrons. The minimum atomic E-state index is -1.03. The second-order valence-corrected chi connectivity index (χ2v) is 9.52. The van der Waals surface area contributed by atoms with E-state index in [2.05, 4.69) is 20.6 Å². The highest BCUT2D eigenvalue weighted by atomic mass is 16.5. The molecular weight excluding hydrogens is 524 g/mol. The first-order valence-corrected chi connectivity index (χ1v) is 13.1. The van der Waals surface area contributed by atoms with E-state index in [1.807, 2.05) is 54.6 Å². The zero-order valence-corrected chi connectivity index (χ0v) is 22.9. The Kier molecular flexibility index (Phi) is 9.66. The predicted octanol–water partition coefficient (Wildman–Crippen LogP) is 3.43. The van der Waals surface area contributed by atoms with Gasteiger partial charge >= 0.3 is 6.09 Å². The third-order valence-electron chi connectivity index (χ3n) is 6.18. The Morgan fingerprint density at radius 3 is 2.56 bits per heavy atom. The van der Waals surface area contributed by atoms with Crippen LogP contribution in [0.4, 0.5) is 10.5 Å². The van der Waals surface area contributed by atoms with E-state index in [1.54, 1.807) is 32.4 Å². The molecule has 1 atom stereocenters. The molecule has 2 aromatic heterocycles. The number of rotatable bonds is 11. The number of pyridine rings is 1. The highest BCUT2D eigenvalue weighted by Crippen LogP contribution is 2.12. The number of nitrogens with zero attached hydrogens (tertiary/aromatic N) is 3.